The molecule has 0 amide bonds. The molecule has 0 N–H and O–H groups in total. The third kappa shape index (κ3) is 5.71. The van der Waals surface area contributed by atoms with Gasteiger partial charge in [0.25, 0.3) is 0 Å². The lowest BCUT2D eigenvalue weighted by atomic mass is 9.92. The SMILES string of the molecule is CC(C)C[C@H]1CN(C(C)(C)C)CCN1CC1CCN(C(C)C)CC1. The lowest BCUT2D eigenvalue weighted by Gasteiger charge is -2.48. The molecule has 0 aromatic rings. The molecule has 2 saturated heterocycles. The molecule has 0 aromatic carbocycles. The molecule has 0 spiro atoms. The van der Waals surface area contributed by atoms with Crippen LogP contribution in [-0.4, -0.2) is 71.6 Å². The van der Waals surface area contributed by atoms with Crippen molar-refractivity contribution in [3.63, 3.8) is 0 Å². The summed E-state index contributed by atoms with van der Waals surface area (Å²) in [4.78, 5) is 8.20. The largest absolute Gasteiger partial charge is 0.301 e. The van der Waals surface area contributed by atoms with Gasteiger partial charge in [0.2, 0.25) is 0 Å². The van der Waals surface area contributed by atoms with Crippen molar-refractivity contribution in [2.45, 2.75) is 85.4 Å². The van der Waals surface area contributed by atoms with Crippen LogP contribution in [0.5, 0.6) is 0 Å². The molecule has 1 atom stereocenters. The van der Waals surface area contributed by atoms with Gasteiger partial charge in [-0.1, -0.05) is 13.8 Å². The Morgan fingerprint density at radius 2 is 1.54 bits per heavy atom. The van der Waals surface area contributed by atoms with E-state index in [2.05, 4.69) is 63.2 Å². The van der Waals surface area contributed by atoms with Gasteiger partial charge in [-0.05, 0) is 78.8 Å². The van der Waals surface area contributed by atoms with Crippen LogP contribution < -0.4 is 0 Å². The van der Waals surface area contributed by atoms with Crippen molar-refractivity contribution in [3.05, 3.63) is 0 Å². The first-order chi connectivity index (χ1) is 11.2. The van der Waals surface area contributed by atoms with Gasteiger partial charge in [0.1, 0.15) is 0 Å². The molecule has 2 fully saturated rings. The van der Waals surface area contributed by atoms with Crippen LogP contribution in [0.25, 0.3) is 0 Å². The highest BCUT2D eigenvalue weighted by molar-refractivity contribution is 4.90. The maximum atomic E-state index is 2.85. The van der Waals surface area contributed by atoms with Crippen LogP contribution in [0.15, 0.2) is 0 Å². The lowest BCUT2D eigenvalue weighted by Crippen LogP contribution is -2.59. The lowest BCUT2D eigenvalue weighted by molar-refractivity contribution is 0.00109. The summed E-state index contributed by atoms with van der Waals surface area (Å²) in [5.41, 5.74) is 0.309. The van der Waals surface area contributed by atoms with Gasteiger partial charge in [-0.2, -0.15) is 0 Å². The maximum absolute atomic E-state index is 2.85. The van der Waals surface area contributed by atoms with Gasteiger partial charge in [-0.15, -0.1) is 0 Å². The number of hydrogen-bond acceptors (Lipinski definition) is 3. The zero-order chi connectivity index (χ0) is 17.9. The van der Waals surface area contributed by atoms with Gasteiger partial charge in [0.05, 0.1) is 0 Å². The first-order valence-electron chi connectivity index (χ1n) is 10.4. The average Bonchev–Trinajstić information content (AvgIpc) is 2.48. The van der Waals surface area contributed by atoms with E-state index in [1.807, 2.05) is 0 Å². The summed E-state index contributed by atoms with van der Waals surface area (Å²) in [6, 6.07) is 1.47. The Kier molecular flexibility index (Phi) is 7.16. The predicted molar refractivity (Wildman–Crippen MR) is 106 cm³/mol. The first kappa shape index (κ1) is 20.2. The Hall–Kier alpha value is -0.120. The van der Waals surface area contributed by atoms with Crippen molar-refractivity contribution in [1.82, 2.24) is 14.7 Å². The van der Waals surface area contributed by atoms with Crippen LogP contribution in [0.4, 0.5) is 0 Å². The number of piperidine rings is 1. The van der Waals surface area contributed by atoms with E-state index >= 15 is 0 Å². The summed E-state index contributed by atoms with van der Waals surface area (Å²) in [7, 11) is 0. The van der Waals surface area contributed by atoms with E-state index in [4.69, 9.17) is 0 Å². The fraction of sp³-hybridized carbons (Fsp3) is 1.00. The summed E-state index contributed by atoms with van der Waals surface area (Å²) < 4.78 is 0. The quantitative estimate of drug-likeness (QED) is 0.752. The molecule has 0 radical (unpaired) electrons. The van der Waals surface area contributed by atoms with E-state index in [-0.39, 0.29) is 0 Å². The zero-order valence-corrected chi connectivity index (χ0v) is 17.5. The molecule has 2 rings (SSSR count). The van der Waals surface area contributed by atoms with Crippen LogP contribution >= 0.6 is 0 Å². The molecule has 2 heterocycles. The molecule has 3 nitrogen and oxygen atoms in total. The molecular weight excluding hydrogens is 294 g/mol. The van der Waals surface area contributed by atoms with Gasteiger partial charge in [-0.3, -0.25) is 9.80 Å². The summed E-state index contributed by atoms with van der Waals surface area (Å²) in [6.45, 7) is 24.3. The predicted octanol–water partition coefficient (Wildman–Crippen LogP) is 3.94. The van der Waals surface area contributed by atoms with E-state index in [9.17, 15) is 0 Å². The van der Waals surface area contributed by atoms with Crippen LogP contribution in [0.2, 0.25) is 0 Å². The molecule has 142 valence electrons. The molecular formula is C21H43N3. The zero-order valence-electron chi connectivity index (χ0n) is 17.5. The smallest absolute Gasteiger partial charge is 0.0226 e. The molecule has 0 aliphatic carbocycles. The Balaban J connectivity index is 1.91. The fourth-order valence-corrected chi connectivity index (χ4v) is 4.49. The summed E-state index contributed by atoms with van der Waals surface area (Å²) >= 11 is 0. The Morgan fingerprint density at radius 3 is 2.04 bits per heavy atom. The van der Waals surface area contributed by atoms with E-state index in [1.165, 1.54) is 58.5 Å². The van der Waals surface area contributed by atoms with Crippen molar-refractivity contribution >= 4 is 0 Å². The first-order valence-corrected chi connectivity index (χ1v) is 10.4. The number of piperazine rings is 1. The van der Waals surface area contributed by atoms with Crippen molar-refractivity contribution in [3.8, 4) is 0 Å². The van der Waals surface area contributed by atoms with Gasteiger partial charge in [-0.25, -0.2) is 0 Å². The third-order valence-corrected chi connectivity index (χ3v) is 6.17. The molecule has 0 aromatic heterocycles. The normalized spacial score (nSPS) is 26.6. The summed E-state index contributed by atoms with van der Waals surface area (Å²) in [5.74, 6) is 1.70. The van der Waals surface area contributed by atoms with Crippen LogP contribution in [-0.2, 0) is 0 Å². The average molecular weight is 338 g/mol. The molecule has 2 aliphatic rings. The third-order valence-electron chi connectivity index (χ3n) is 6.17. The minimum absolute atomic E-state index is 0.309. The molecule has 3 heteroatoms. The molecule has 0 bridgehead atoms. The summed E-state index contributed by atoms with van der Waals surface area (Å²) in [5, 5.41) is 0. The fourth-order valence-electron chi connectivity index (χ4n) is 4.49. The van der Waals surface area contributed by atoms with Crippen molar-refractivity contribution in [1.29, 1.82) is 0 Å². The standard InChI is InChI=1S/C21H43N3/c1-17(2)14-20-16-24(21(5,6)7)13-12-23(20)15-19-8-10-22(11-9-19)18(3)4/h17-20H,8-16H2,1-7H3/t20-/m0/s1. The van der Waals surface area contributed by atoms with Crippen LogP contribution in [0.3, 0.4) is 0 Å². The van der Waals surface area contributed by atoms with Crippen LogP contribution in [0.1, 0.15) is 67.7 Å². The highest BCUT2D eigenvalue weighted by atomic mass is 15.3. The highest BCUT2D eigenvalue weighted by Crippen LogP contribution is 2.26. The Bertz CT molecular complexity index is 364. The van der Waals surface area contributed by atoms with Crippen LogP contribution in [0, 0.1) is 11.8 Å². The van der Waals surface area contributed by atoms with Gasteiger partial charge in [0, 0.05) is 43.8 Å². The minimum atomic E-state index is 0.309. The van der Waals surface area contributed by atoms with Crippen molar-refractivity contribution in [2.24, 2.45) is 11.8 Å². The Morgan fingerprint density at radius 1 is 0.917 bits per heavy atom. The van der Waals surface area contributed by atoms with Gasteiger partial charge < -0.3 is 4.90 Å². The number of nitrogens with zero attached hydrogens (tertiary/aromatic N) is 3. The molecule has 2 aliphatic heterocycles. The van der Waals surface area contributed by atoms with E-state index in [0.29, 0.717) is 5.54 Å². The molecule has 24 heavy (non-hydrogen) atoms. The van der Waals surface area contributed by atoms with E-state index < -0.39 is 0 Å². The second-order valence-corrected chi connectivity index (χ2v) is 9.97. The number of likely N-dealkylation sites (tertiary alicyclic amines) is 1. The maximum Gasteiger partial charge on any atom is 0.0226 e. The topological polar surface area (TPSA) is 9.72 Å². The summed E-state index contributed by atoms with van der Waals surface area (Å²) in [6.07, 6.45) is 4.13. The number of hydrogen-bond donors (Lipinski definition) is 0. The second-order valence-electron chi connectivity index (χ2n) is 9.97. The van der Waals surface area contributed by atoms with Crippen molar-refractivity contribution < 1.29 is 0 Å². The second kappa shape index (κ2) is 8.51. The Labute approximate surface area is 151 Å². The monoisotopic (exact) mass is 337 g/mol. The highest BCUT2D eigenvalue weighted by Gasteiger charge is 2.34. The number of rotatable bonds is 5. The minimum Gasteiger partial charge on any atom is -0.301 e. The van der Waals surface area contributed by atoms with Gasteiger partial charge >= 0.3 is 0 Å². The van der Waals surface area contributed by atoms with Crippen molar-refractivity contribution in [2.75, 3.05) is 39.3 Å². The van der Waals surface area contributed by atoms with E-state index in [0.717, 1.165) is 23.9 Å². The molecule has 0 unspecified atom stereocenters. The van der Waals surface area contributed by atoms with E-state index in [1.54, 1.807) is 0 Å². The van der Waals surface area contributed by atoms with Gasteiger partial charge in [0.15, 0.2) is 0 Å². The molecule has 0 saturated carbocycles.